The molecule has 2 rings (SSSR count). The van der Waals surface area contributed by atoms with E-state index in [1.54, 1.807) is 11.3 Å². The molecule has 0 bridgehead atoms. The lowest BCUT2D eigenvalue weighted by Crippen LogP contribution is -2.55. The monoisotopic (exact) mass is 301 g/mol. The molecule has 2 heterocycles. The van der Waals surface area contributed by atoms with Crippen molar-refractivity contribution in [1.82, 2.24) is 15.2 Å². The van der Waals surface area contributed by atoms with Gasteiger partial charge in [-0.3, -0.25) is 9.69 Å². The van der Waals surface area contributed by atoms with Crippen LogP contribution in [-0.4, -0.2) is 34.9 Å². The molecule has 2 atom stereocenters. The van der Waals surface area contributed by atoms with Crippen LogP contribution in [0.25, 0.3) is 0 Å². The van der Waals surface area contributed by atoms with Crippen LogP contribution in [0.5, 0.6) is 0 Å². The van der Waals surface area contributed by atoms with Crippen molar-refractivity contribution in [3.63, 3.8) is 0 Å². The smallest absolute Gasteiger partial charge is 0.237 e. The van der Waals surface area contributed by atoms with E-state index in [4.69, 9.17) is 11.6 Å². The van der Waals surface area contributed by atoms with Crippen LogP contribution in [0.1, 0.15) is 43.4 Å². The molecule has 1 fully saturated rings. The topological polar surface area (TPSA) is 45.2 Å². The molecule has 0 aromatic carbocycles. The van der Waals surface area contributed by atoms with Crippen LogP contribution in [0.4, 0.5) is 0 Å². The van der Waals surface area contributed by atoms with Crippen LogP contribution in [0.3, 0.4) is 0 Å². The molecule has 6 heteroatoms. The molecule has 2 unspecified atom stereocenters. The highest BCUT2D eigenvalue weighted by molar-refractivity contribution is 7.09. The molecule has 1 amide bonds. The lowest BCUT2D eigenvalue weighted by molar-refractivity contribution is -0.130. The van der Waals surface area contributed by atoms with E-state index in [0.717, 1.165) is 36.6 Å². The Balaban J connectivity index is 2.22. The first-order valence-corrected chi connectivity index (χ1v) is 8.16. The predicted molar refractivity (Wildman–Crippen MR) is 78.5 cm³/mol. The molecule has 0 aliphatic carbocycles. The summed E-state index contributed by atoms with van der Waals surface area (Å²) in [6.07, 6.45) is 1.79. The van der Waals surface area contributed by atoms with Crippen molar-refractivity contribution in [1.29, 1.82) is 0 Å². The first-order chi connectivity index (χ1) is 9.21. The van der Waals surface area contributed by atoms with Gasteiger partial charge in [-0.05, 0) is 12.8 Å². The highest BCUT2D eigenvalue weighted by atomic mass is 35.5. The van der Waals surface area contributed by atoms with Crippen molar-refractivity contribution in [2.75, 3.05) is 13.1 Å². The maximum absolute atomic E-state index is 12.0. The van der Waals surface area contributed by atoms with Gasteiger partial charge in [0.05, 0.1) is 23.7 Å². The summed E-state index contributed by atoms with van der Waals surface area (Å²) in [5.74, 6) is 0.589. The summed E-state index contributed by atoms with van der Waals surface area (Å²) in [5.41, 5.74) is 0.926. The van der Waals surface area contributed by atoms with Gasteiger partial charge in [0, 0.05) is 18.5 Å². The van der Waals surface area contributed by atoms with Crippen LogP contribution in [0.15, 0.2) is 5.38 Å². The van der Waals surface area contributed by atoms with Gasteiger partial charge in [-0.15, -0.1) is 22.9 Å². The fourth-order valence-electron chi connectivity index (χ4n) is 2.61. The largest absolute Gasteiger partial charge is 0.353 e. The van der Waals surface area contributed by atoms with Gasteiger partial charge < -0.3 is 5.32 Å². The Morgan fingerprint density at radius 2 is 2.42 bits per heavy atom. The highest BCUT2D eigenvalue weighted by Crippen LogP contribution is 2.30. The Kier molecular flexibility index (Phi) is 5.19. The van der Waals surface area contributed by atoms with Gasteiger partial charge in [0.15, 0.2) is 0 Å². The maximum atomic E-state index is 12.0. The maximum Gasteiger partial charge on any atom is 0.237 e. The van der Waals surface area contributed by atoms with Gasteiger partial charge in [-0.25, -0.2) is 4.98 Å². The van der Waals surface area contributed by atoms with Crippen molar-refractivity contribution >= 4 is 28.8 Å². The summed E-state index contributed by atoms with van der Waals surface area (Å²) >= 11 is 7.46. The first-order valence-electron chi connectivity index (χ1n) is 6.74. The number of alkyl halides is 1. The fraction of sp³-hybridized carbons (Fsp3) is 0.692. The summed E-state index contributed by atoms with van der Waals surface area (Å²) in [7, 11) is 0. The minimum absolute atomic E-state index is 0.0398. The average Bonchev–Trinajstić information content (AvgIpc) is 2.89. The number of hydrogen-bond donors (Lipinski definition) is 1. The summed E-state index contributed by atoms with van der Waals surface area (Å²) in [6.45, 7) is 5.81. The molecule has 1 aromatic rings. The zero-order valence-electron chi connectivity index (χ0n) is 11.4. The third-order valence-electron chi connectivity index (χ3n) is 3.54. The number of aromatic nitrogens is 1. The van der Waals surface area contributed by atoms with Crippen LogP contribution in [0, 0.1) is 0 Å². The van der Waals surface area contributed by atoms with Crippen molar-refractivity contribution < 1.29 is 4.79 Å². The molecule has 19 heavy (non-hydrogen) atoms. The van der Waals surface area contributed by atoms with Gasteiger partial charge in [0.25, 0.3) is 0 Å². The summed E-state index contributed by atoms with van der Waals surface area (Å²) in [6, 6.07) is 0.181. The standard InChI is InChI=1S/C13H20ClN3OS/c1-3-10-12(18)15-5-6-17(10)11(4-2)13-16-9(7-14)8-19-13/h8,10-11H,3-7H2,1-2H3,(H,15,18). The minimum atomic E-state index is -0.0398. The Bertz CT molecular complexity index is 437. The number of carbonyl (C=O) groups excluding carboxylic acids is 1. The van der Waals surface area contributed by atoms with Gasteiger partial charge in [-0.2, -0.15) is 0 Å². The van der Waals surface area contributed by atoms with E-state index >= 15 is 0 Å². The Morgan fingerprint density at radius 3 is 3.00 bits per heavy atom. The fourth-order valence-corrected chi connectivity index (χ4v) is 3.86. The number of rotatable bonds is 5. The molecule has 1 aliphatic rings. The van der Waals surface area contributed by atoms with Gasteiger partial charge >= 0.3 is 0 Å². The quantitative estimate of drug-likeness (QED) is 0.850. The third kappa shape index (κ3) is 3.09. The number of hydrogen-bond acceptors (Lipinski definition) is 4. The van der Waals surface area contributed by atoms with Crippen LogP contribution in [0.2, 0.25) is 0 Å². The first kappa shape index (κ1) is 14.8. The second-order valence-corrected chi connectivity index (χ2v) is 5.84. The molecule has 1 saturated heterocycles. The molecule has 4 nitrogen and oxygen atoms in total. The minimum Gasteiger partial charge on any atom is -0.353 e. The van der Waals surface area contributed by atoms with Crippen molar-refractivity contribution in [2.24, 2.45) is 0 Å². The predicted octanol–water partition coefficient (Wildman–Crippen LogP) is 2.54. The molecule has 0 saturated carbocycles. The zero-order valence-corrected chi connectivity index (χ0v) is 12.9. The van der Waals surface area contributed by atoms with E-state index in [9.17, 15) is 4.79 Å². The van der Waals surface area contributed by atoms with E-state index in [0.29, 0.717) is 5.88 Å². The van der Waals surface area contributed by atoms with Gasteiger partial charge in [0.2, 0.25) is 5.91 Å². The van der Waals surface area contributed by atoms with E-state index in [2.05, 4.69) is 29.0 Å². The zero-order chi connectivity index (χ0) is 13.8. The number of piperazine rings is 1. The van der Waals surface area contributed by atoms with E-state index in [1.807, 2.05) is 5.38 Å². The Labute approximate surface area is 123 Å². The highest BCUT2D eigenvalue weighted by Gasteiger charge is 2.34. The lowest BCUT2D eigenvalue weighted by Gasteiger charge is -2.39. The molecule has 106 valence electrons. The summed E-state index contributed by atoms with van der Waals surface area (Å²) in [4.78, 5) is 18.8. The lowest BCUT2D eigenvalue weighted by atomic mass is 10.1. The molecule has 1 N–H and O–H groups in total. The summed E-state index contributed by atoms with van der Waals surface area (Å²) < 4.78 is 0. The van der Waals surface area contributed by atoms with Crippen molar-refractivity contribution in [2.45, 2.75) is 44.7 Å². The SMILES string of the molecule is CCC1C(=O)NCCN1C(CC)c1nc(CCl)cs1. The Morgan fingerprint density at radius 1 is 1.63 bits per heavy atom. The molecule has 0 radical (unpaired) electrons. The molecule has 0 spiro atoms. The third-order valence-corrected chi connectivity index (χ3v) is 4.81. The number of amides is 1. The molecule has 1 aromatic heterocycles. The van der Waals surface area contributed by atoms with Gasteiger partial charge in [-0.1, -0.05) is 13.8 Å². The molecule has 1 aliphatic heterocycles. The second kappa shape index (κ2) is 6.68. The number of thiazole rings is 1. The summed E-state index contributed by atoms with van der Waals surface area (Å²) in [5, 5.41) is 6.03. The number of halogens is 1. The number of nitrogens with one attached hydrogen (secondary N) is 1. The average molecular weight is 302 g/mol. The van der Waals surface area contributed by atoms with Crippen molar-refractivity contribution in [3.05, 3.63) is 16.1 Å². The second-order valence-electron chi connectivity index (χ2n) is 4.69. The molecular formula is C13H20ClN3OS. The van der Waals surface area contributed by atoms with Crippen LogP contribution < -0.4 is 5.32 Å². The van der Waals surface area contributed by atoms with Crippen LogP contribution >= 0.6 is 22.9 Å². The van der Waals surface area contributed by atoms with Crippen molar-refractivity contribution in [3.8, 4) is 0 Å². The van der Waals surface area contributed by atoms with Gasteiger partial charge in [0.1, 0.15) is 5.01 Å². The number of nitrogens with zero attached hydrogens (tertiary/aromatic N) is 2. The number of carbonyl (C=O) groups is 1. The Hall–Kier alpha value is -0.650. The van der Waals surface area contributed by atoms with E-state index in [1.165, 1.54) is 0 Å². The van der Waals surface area contributed by atoms with Crippen LogP contribution in [-0.2, 0) is 10.7 Å². The molecular weight excluding hydrogens is 282 g/mol. The van der Waals surface area contributed by atoms with E-state index < -0.39 is 0 Å². The van der Waals surface area contributed by atoms with E-state index in [-0.39, 0.29) is 18.0 Å². The normalized spacial score (nSPS) is 22.3.